The molecule has 0 spiro atoms. The lowest BCUT2D eigenvalue weighted by Crippen LogP contribution is -2.20. The molecule has 2 aromatic rings. The van der Waals surface area contributed by atoms with Gasteiger partial charge in [0.2, 0.25) is 0 Å². The Hall–Kier alpha value is -1.92. The molecule has 0 aliphatic carbocycles. The third-order valence-corrected chi connectivity index (χ3v) is 3.59. The van der Waals surface area contributed by atoms with Crippen molar-refractivity contribution in [3.63, 3.8) is 0 Å². The molecule has 0 radical (unpaired) electrons. The van der Waals surface area contributed by atoms with Gasteiger partial charge in [0.1, 0.15) is 12.4 Å². The van der Waals surface area contributed by atoms with Crippen LogP contribution in [0.3, 0.4) is 0 Å². The molecule has 0 bridgehead atoms. The van der Waals surface area contributed by atoms with Gasteiger partial charge >= 0.3 is 0 Å². The zero-order valence-electron chi connectivity index (χ0n) is 11.3. The average molecular weight is 351 g/mol. The van der Waals surface area contributed by atoms with Crippen LogP contribution in [0.15, 0.2) is 53.0 Å². The normalized spacial score (nSPS) is 10.3. The molecule has 0 fully saturated rings. The Morgan fingerprint density at radius 3 is 2.62 bits per heavy atom. The number of nitrogens with one attached hydrogen (secondary N) is 1. The number of nitrogens with zero attached hydrogens (tertiary/aromatic N) is 1. The van der Waals surface area contributed by atoms with Crippen molar-refractivity contribution in [1.82, 2.24) is 5.32 Å². The van der Waals surface area contributed by atoms with E-state index in [2.05, 4.69) is 21.2 Å². The molecule has 21 heavy (non-hydrogen) atoms. The predicted octanol–water partition coefficient (Wildman–Crippen LogP) is 3.53. The van der Waals surface area contributed by atoms with E-state index in [0.717, 1.165) is 15.8 Å². The van der Waals surface area contributed by atoms with Crippen LogP contribution in [0.4, 0.5) is 5.69 Å². The smallest absolute Gasteiger partial charge is 0.270 e. The van der Waals surface area contributed by atoms with E-state index in [1.54, 1.807) is 6.07 Å². The van der Waals surface area contributed by atoms with E-state index in [0.29, 0.717) is 19.7 Å². The molecule has 0 unspecified atom stereocenters. The second-order valence-electron chi connectivity index (χ2n) is 4.37. The van der Waals surface area contributed by atoms with Crippen LogP contribution in [0.2, 0.25) is 0 Å². The summed E-state index contributed by atoms with van der Waals surface area (Å²) in [5.41, 5.74) is 1.05. The molecule has 0 atom stereocenters. The number of ether oxygens (including phenoxy) is 1. The Bertz CT molecular complexity index is 605. The van der Waals surface area contributed by atoms with Gasteiger partial charge in [0.05, 0.1) is 4.92 Å². The van der Waals surface area contributed by atoms with Crippen molar-refractivity contribution in [2.24, 2.45) is 0 Å². The van der Waals surface area contributed by atoms with Crippen molar-refractivity contribution >= 4 is 21.6 Å². The van der Waals surface area contributed by atoms with Gasteiger partial charge in [-0.15, -0.1) is 0 Å². The number of hydrogen-bond acceptors (Lipinski definition) is 4. The van der Waals surface area contributed by atoms with Gasteiger partial charge in [0, 0.05) is 29.7 Å². The summed E-state index contributed by atoms with van der Waals surface area (Å²) in [6, 6.07) is 14.4. The first-order valence-electron chi connectivity index (χ1n) is 6.48. The molecule has 110 valence electrons. The van der Waals surface area contributed by atoms with E-state index in [1.165, 1.54) is 12.1 Å². The topological polar surface area (TPSA) is 64.4 Å². The number of nitro groups is 1. The summed E-state index contributed by atoms with van der Waals surface area (Å²) in [5, 5.41) is 13.9. The van der Waals surface area contributed by atoms with E-state index in [1.807, 2.05) is 30.3 Å². The van der Waals surface area contributed by atoms with Crippen molar-refractivity contribution in [2.75, 3.05) is 13.2 Å². The second kappa shape index (κ2) is 7.75. The molecule has 0 heterocycles. The standard InChI is InChI=1S/C15H15BrN2O3/c16-15-10-13(18(19)20)7-6-12(15)11-17-8-9-21-14-4-2-1-3-5-14/h1-7,10,17H,8-9,11H2. The van der Waals surface area contributed by atoms with E-state index >= 15 is 0 Å². The maximum atomic E-state index is 10.7. The van der Waals surface area contributed by atoms with Crippen LogP contribution in [-0.2, 0) is 6.54 Å². The molecule has 2 rings (SSSR count). The lowest BCUT2D eigenvalue weighted by atomic mass is 10.2. The largest absolute Gasteiger partial charge is 0.492 e. The highest BCUT2D eigenvalue weighted by Crippen LogP contribution is 2.22. The molecule has 0 aliphatic heterocycles. The Balaban J connectivity index is 1.75. The fourth-order valence-electron chi connectivity index (χ4n) is 1.77. The number of non-ortho nitro benzene ring substituents is 1. The van der Waals surface area contributed by atoms with Gasteiger partial charge in [0.25, 0.3) is 5.69 Å². The first kappa shape index (κ1) is 15.5. The van der Waals surface area contributed by atoms with Crippen LogP contribution in [0.5, 0.6) is 5.75 Å². The van der Waals surface area contributed by atoms with Gasteiger partial charge in [-0.1, -0.05) is 34.1 Å². The molecule has 0 saturated carbocycles. The highest BCUT2D eigenvalue weighted by Gasteiger charge is 2.08. The highest BCUT2D eigenvalue weighted by atomic mass is 79.9. The summed E-state index contributed by atoms with van der Waals surface area (Å²) in [4.78, 5) is 10.2. The maximum Gasteiger partial charge on any atom is 0.270 e. The summed E-state index contributed by atoms with van der Waals surface area (Å²) >= 11 is 3.35. The lowest BCUT2D eigenvalue weighted by Gasteiger charge is -2.08. The van der Waals surface area contributed by atoms with E-state index < -0.39 is 4.92 Å². The number of benzene rings is 2. The van der Waals surface area contributed by atoms with Gasteiger partial charge < -0.3 is 10.1 Å². The predicted molar refractivity (Wildman–Crippen MR) is 84.4 cm³/mol. The zero-order valence-corrected chi connectivity index (χ0v) is 12.9. The quantitative estimate of drug-likeness (QED) is 0.471. The van der Waals surface area contributed by atoms with Crippen molar-refractivity contribution in [3.8, 4) is 5.75 Å². The second-order valence-corrected chi connectivity index (χ2v) is 5.23. The fourth-order valence-corrected chi connectivity index (χ4v) is 2.28. The van der Waals surface area contributed by atoms with Gasteiger partial charge in [0.15, 0.2) is 0 Å². The van der Waals surface area contributed by atoms with Crippen LogP contribution in [0, 0.1) is 10.1 Å². The Morgan fingerprint density at radius 2 is 1.95 bits per heavy atom. The lowest BCUT2D eigenvalue weighted by molar-refractivity contribution is -0.384. The van der Waals surface area contributed by atoms with Crippen LogP contribution in [-0.4, -0.2) is 18.1 Å². The number of hydrogen-bond donors (Lipinski definition) is 1. The van der Waals surface area contributed by atoms with Crippen molar-refractivity contribution in [3.05, 3.63) is 68.7 Å². The molecule has 5 nitrogen and oxygen atoms in total. The van der Waals surface area contributed by atoms with Crippen LogP contribution >= 0.6 is 15.9 Å². The fraction of sp³-hybridized carbons (Fsp3) is 0.200. The minimum atomic E-state index is -0.407. The van der Waals surface area contributed by atoms with E-state index in [-0.39, 0.29) is 5.69 Å². The summed E-state index contributed by atoms with van der Waals surface area (Å²) in [7, 11) is 0. The van der Waals surface area contributed by atoms with E-state index in [4.69, 9.17) is 4.74 Å². The summed E-state index contributed by atoms with van der Waals surface area (Å²) in [6.45, 7) is 1.88. The molecule has 2 aromatic carbocycles. The number of nitro benzene ring substituents is 1. The number of para-hydroxylation sites is 1. The van der Waals surface area contributed by atoms with Crippen molar-refractivity contribution in [1.29, 1.82) is 0 Å². The molecule has 1 N–H and O–H groups in total. The molecule has 0 aliphatic rings. The van der Waals surface area contributed by atoms with Gasteiger partial charge in [-0.05, 0) is 23.8 Å². The summed E-state index contributed by atoms with van der Waals surface area (Å²) in [6.07, 6.45) is 0. The summed E-state index contributed by atoms with van der Waals surface area (Å²) in [5.74, 6) is 0.843. The molecule has 0 saturated heterocycles. The maximum absolute atomic E-state index is 10.7. The molecular weight excluding hydrogens is 336 g/mol. The minimum absolute atomic E-state index is 0.0815. The number of halogens is 1. The van der Waals surface area contributed by atoms with Gasteiger partial charge in [-0.3, -0.25) is 10.1 Å². The Kier molecular flexibility index (Phi) is 5.71. The van der Waals surface area contributed by atoms with Gasteiger partial charge in [-0.25, -0.2) is 0 Å². The molecule has 0 amide bonds. The van der Waals surface area contributed by atoms with Crippen LogP contribution in [0.25, 0.3) is 0 Å². The van der Waals surface area contributed by atoms with Crippen LogP contribution in [0.1, 0.15) is 5.56 Å². The SMILES string of the molecule is O=[N+]([O-])c1ccc(CNCCOc2ccccc2)c(Br)c1. The molecular formula is C15H15BrN2O3. The molecule has 0 aromatic heterocycles. The Morgan fingerprint density at radius 1 is 1.19 bits per heavy atom. The first-order valence-corrected chi connectivity index (χ1v) is 7.27. The zero-order chi connectivity index (χ0) is 15.1. The summed E-state index contributed by atoms with van der Waals surface area (Å²) < 4.78 is 6.29. The monoisotopic (exact) mass is 350 g/mol. The van der Waals surface area contributed by atoms with Crippen molar-refractivity contribution < 1.29 is 9.66 Å². The van der Waals surface area contributed by atoms with Crippen LogP contribution < -0.4 is 10.1 Å². The molecule has 6 heteroatoms. The third-order valence-electron chi connectivity index (χ3n) is 2.85. The first-order chi connectivity index (χ1) is 10.2. The number of rotatable bonds is 7. The highest BCUT2D eigenvalue weighted by molar-refractivity contribution is 9.10. The average Bonchev–Trinajstić information content (AvgIpc) is 2.49. The van der Waals surface area contributed by atoms with Gasteiger partial charge in [-0.2, -0.15) is 0 Å². The Labute approximate surface area is 131 Å². The van der Waals surface area contributed by atoms with E-state index in [9.17, 15) is 10.1 Å². The minimum Gasteiger partial charge on any atom is -0.492 e. The third kappa shape index (κ3) is 4.84. The van der Waals surface area contributed by atoms with Crippen molar-refractivity contribution in [2.45, 2.75) is 6.54 Å².